The zero-order valence-corrected chi connectivity index (χ0v) is 23.6. The molecule has 37 heavy (non-hydrogen) atoms. The maximum Gasteiger partial charge on any atom is 0.0683 e. The molecule has 186 valence electrons. The van der Waals surface area contributed by atoms with Crippen LogP contribution in [0.1, 0.15) is 27.1 Å². The summed E-state index contributed by atoms with van der Waals surface area (Å²) < 4.78 is 5.84. The van der Waals surface area contributed by atoms with Crippen LogP contribution in [0.2, 0.25) is 0 Å². The van der Waals surface area contributed by atoms with Crippen LogP contribution in [0.3, 0.4) is 0 Å². The van der Waals surface area contributed by atoms with Crippen LogP contribution in [-0.4, -0.2) is 0 Å². The third-order valence-electron chi connectivity index (χ3n) is 6.81. The number of hydrogen-bond acceptors (Lipinski definition) is 3. The number of hydrogen-bond donors (Lipinski definition) is 1. The SMILES string of the molecule is Cc1cc(C)c(N=P(c2ccccc2)(c2ccccc2)c2ccccc2NCc2sccc2C)c(C)c1. The molecule has 0 fully saturated rings. The van der Waals surface area contributed by atoms with Crippen LogP contribution >= 0.6 is 18.4 Å². The van der Waals surface area contributed by atoms with Gasteiger partial charge in [-0.25, -0.2) is 0 Å². The molecule has 0 spiro atoms. The Balaban J connectivity index is 1.84. The second-order valence-electron chi connectivity index (χ2n) is 9.55. The summed E-state index contributed by atoms with van der Waals surface area (Å²) in [7, 11) is -2.43. The largest absolute Gasteiger partial charge is 0.380 e. The summed E-state index contributed by atoms with van der Waals surface area (Å²) in [5, 5.41) is 9.73. The minimum atomic E-state index is -2.43. The van der Waals surface area contributed by atoms with Crippen molar-refractivity contribution in [2.75, 3.05) is 5.32 Å². The van der Waals surface area contributed by atoms with E-state index < -0.39 is 7.05 Å². The van der Waals surface area contributed by atoms with Gasteiger partial charge in [0.2, 0.25) is 0 Å². The fourth-order valence-electron chi connectivity index (χ4n) is 5.03. The Morgan fingerprint density at radius 1 is 0.676 bits per heavy atom. The van der Waals surface area contributed by atoms with Crippen LogP contribution < -0.4 is 21.2 Å². The van der Waals surface area contributed by atoms with E-state index in [1.54, 1.807) is 11.3 Å². The van der Waals surface area contributed by atoms with Gasteiger partial charge < -0.3 is 5.32 Å². The highest BCUT2D eigenvalue weighted by molar-refractivity contribution is 7.87. The lowest BCUT2D eigenvalue weighted by atomic mass is 10.1. The van der Waals surface area contributed by atoms with E-state index in [2.05, 4.69) is 142 Å². The first-order valence-electron chi connectivity index (χ1n) is 12.7. The molecule has 0 amide bonds. The van der Waals surface area contributed by atoms with E-state index in [0.717, 1.165) is 17.9 Å². The monoisotopic (exact) mass is 520 g/mol. The van der Waals surface area contributed by atoms with Crippen molar-refractivity contribution in [1.29, 1.82) is 0 Å². The maximum atomic E-state index is 5.84. The first-order valence-corrected chi connectivity index (χ1v) is 15.3. The van der Waals surface area contributed by atoms with Crippen LogP contribution in [-0.2, 0) is 6.54 Å². The summed E-state index contributed by atoms with van der Waals surface area (Å²) >= 11 is 1.81. The van der Waals surface area contributed by atoms with Crippen molar-refractivity contribution < 1.29 is 0 Å². The van der Waals surface area contributed by atoms with E-state index in [0.29, 0.717) is 0 Å². The van der Waals surface area contributed by atoms with E-state index in [1.807, 2.05) is 0 Å². The van der Waals surface area contributed by atoms with Gasteiger partial charge in [-0.1, -0.05) is 96.6 Å². The fourth-order valence-corrected chi connectivity index (χ4v) is 9.70. The molecule has 0 saturated heterocycles. The Bertz CT molecular complexity index is 1500. The molecule has 1 N–H and O–H groups in total. The first kappa shape index (κ1) is 25.3. The normalized spacial score (nSPS) is 11.4. The molecule has 2 nitrogen and oxygen atoms in total. The van der Waals surface area contributed by atoms with Gasteiger partial charge in [-0.3, -0.25) is 4.74 Å². The molecule has 0 aliphatic heterocycles. The van der Waals surface area contributed by atoms with Crippen LogP contribution in [0.25, 0.3) is 0 Å². The molecule has 0 atom stereocenters. The molecule has 0 unspecified atom stereocenters. The van der Waals surface area contributed by atoms with E-state index in [4.69, 9.17) is 4.74 Å². The number of nitrogens with zero attached hydrogens (tertiary/aromatic N) is 1. The van der Waals surface area contributed by atoms with Crippen molar-refractivity contribution in [2.24, 2.45) is 4.74 Å². The zero-order chi connectivity index (χ0) is 25.8. The summed E-state index contributed by atoms with van der Waals surface area (Å²) in [5.41, 5.74) is 7.27. The summed E-state index contributed by atoms with van der Waals surface area (Å²) in [4.78, 5) is 1.36. The topological polar surface area (TPSA) is 24.4 Å². The van der Waals surface area contributed by atoms with Gasteiger partial charge in [0.15, 0.2) is 0 Å². The molecule has 5 aromatic rings. The average Bonchev–Trinajstić information content (AvgIpc) is 3.33. The van der Waals surface area contributed by atoms with Gasteiger partial charge in [0.1, 0.15) is 0 Å². The van der Waals surface area contributed by atoms with E-state index in [-0.39, 0.29) is 0 Å². The number of aryl methyl sites for hydroxylation is 4. The summed E-state index contributed by atoms with van der Waals surface area (Å²) in [6.45, 7) is 9.52. The molecule has 1 heterocycles. The van der Waals surface area contributed by atoms with Gasteiger partial charge in [0, 0.05) is 33.0 Å². The molecular formula is C33H33N2PS. The molecule has 0 radical (unpaired) electrons. The van der Waals surface area contributed by atoms with Gasteiger partial charge in [-0.2, -0.15) is 0 Å². The van der Waals surface area contributed by atoms with Crippen LogP contribution in [0.4, 0.5) is 11.4 Å². The number of benzene rings is 4. The smallest absolute Gasteiger partial charge is 0.0683 e. The van der Waals surface area contributed by atoms with Gasteiger partial charge in [-0.15, -0.1) is 11.3 Å². The van der Waals surface area contributed by atoms with Crippen molar-refractivity contribution in [3.63, 3.8) is 0 Å². The summed E-state index contributed by atoms with van der Waals surface area (Å²) in [6, 6.07) is 37.2. The third kappa shape index (κ3) is 5.07. The molecule has 1 aromatic heterocycles. The lowest BCUT2D eigenvalue weighted by molar-refractivity contribution is 1.17. The molecule has 4 heteroatoms. The third-order valence-corrected chi connectivity index (χ3v) is 11.5. The summed E-state index contributed by atoms with van der Waals surface area (Å²) in [5.74, 6) is 0. The zero-order valence-electron chi connectivity index (χ0n) is 21.9. The van der Waals surface area contributed by atoms with Gasteiger partial charge in [0.25, 0.3) is 0 Å². The van der Waals surface area contributed by atoms with Gasteiger partial charge in [0.05, 0.1) is 12.7 Å². The van der Waals surface area contributed by atoms with Gasteiger partial charge >= 0.3 is 0 Å². The van der Waals surface area contributed by atoms with E-state index in [9.17, 15) is 0 Å². The highest BCUT2D eigenvalue weighted by Gasteiger charge is 2.30. The average molecular weight is 521 g/mol. The van der Waals surface area contributed by atoms with E-state index in [1.165, 1.54) is 43.0 Å². The standard InChI is InChI=1S/C33H33N2PS/c1-24-21-26(3)33(27(4)22-24)35-36(28-13-7-5-8-14-28,29-15-9-6-10-16-29)31-18-12-11-17-30(31)34-23-32-25(2)19-20-37-32/h5-22,34H,23H2,1-4H3. The van der Waals surface area contributed by atoms with Crippen LogP contribution in [0.5, 0.6) is 0 Å². The highest BCUT2D eigenvalue weighted by Crippen LogP contribution is 2.52. The maximum absolute atomic E-state index is 5.84. The number of para-hydroxylation sites is 1. The molecule has 0 saturated carbocycles. The molecule has 0 aliphatic rings. The van der Waals surface area contributed by atoms with Crippen molar-refractivity contribution >= 4 is 45.7 Å². The molecule has 0 bridgehead atoms. The number of nitrogens with one attached hydrogen (secondary N) is 1. The Morgan fingerprint density at radius 2 is 1.24 bits per heavy atom. The predicted molar refractivity (Wildman–Crippen MR) is 164 cm³/mol. The van der Waals surface area contributed by atoms with Crippen molar-refractivity contribution in [1.82, 2.24) is 0 Å². The first-order chi connectivity index (χ1) is 18.0. The van der Waals surface area contributed by atoms with Gasteiger partial charge in [-0.05, 0) is 61.9 Å². The molecule has 4 aromatic carbocycles. The number of anilines is 1. The van der Waals surface area contributed by atoms with Crippen LogP contribution in [0.15, 0.2) is 113 Å². The van der Waals surface area contributed by atoms with Crippen molar-refractivity contribution in [2.45, 2.75) is 34.2 Å². The Morgan fingerprint density at radius 3 is 1.81 bits per heavy atom. The number of thiophene rings is 1. The quantitative estimate of drug-likeness (QED) is 0.214. The fraction of sp³-hybridized carbons (Fsp3) is 0.152. The minimum absolute atomic E-state index is 0.798. The lowest BCUT2D eigenvalue weighted by Crippen LogP contribution is -2.27. The Kier molecular flexibility index (Phi) is 7.46. The molecule has 0 aliphatic carbocycles. The number of rotatable bonds is 7. The summed E-state index contributed by atoms with van der Waals surface area (Å²) in [6.07, 6.45) is 0. The minimum Gasteiger partial charge on any atom is -0.380 e. The molecule has 5 rings (SSSR count). The Labute approximate surface area is 225 Å². The predicted octanol–water partition coefficient (Wildman–Crippen LogP) is 8.40. The Hall–Kier alpha value is -3.39. The van der Waals surface area contributed by atoms with E-state index >= 15 is 0 Å². The highest BCUT2D eigenvalue weighted by atomic mass is 32.1. The second kappa shape index (κ2) is 10.9. The lowest BCUT2D eigenvalue weighted by Gasteiger charge is -2.30. The van der Waals surface area contributed by atoms with Crippen LogP contribution in [0, 0.1) is 27.7 Å². The second-order valence-corrected chi connectivity index (χ2v) is 13.5. The molecular weight excluding hydrogens is 487 g/mol. The van der Waals surface area contributed by atoms with Crippen molar-refractivity contribution in [3.8, 4) is 0 Å². The van der Waals surface area contributed by atoms with Crippen molar-refractivity contribution in [3.05, 3.63) is 136 Å².